The molecule has 7 heteroatoms. The molecule has 0 unspecified atom stereocenters. The summed E-state index contributed by atoms with van der Waals surface area (Å²) in [5.74, 6) is -0.294. The lowest BCUT2D eigenvalue weighted by molar-refractivity contribution is 0.0730. The van der Waals surface area contributed by atoms with Crippen molar-refractivity contribution in [1.82, 2.24) is 19.9 Å². The Morgan fingerprint density at radius 3 is 2.83 bits per heavy atom. The van der Waals surface area contributed by atoms with Gasteiger partial charge in [-0.25, -0.2) is 4.98 Å². The van der Waals surface area contributed by atoms with E-state index in [4.69, 9.17) is 0 Å². The van der Waals surface area contributed by atoms with Crippen molar-refractivity contribution in [2.75, 3.05) is 6.54 Å². The van der Waals surface area contributed by atoms with Crippen molar-refractivity contribution in [3.05, 3.63) is 82.2 Å². The minimum absolute atomic E-state index is 0.0277. The number of likely N-dealkylation sites (tertiary alicyclic amines) is 1. The first kappa shape index (κ1) is 17.8. The number of aromatic amines is 1. The minimum atomic E-state index is -0.168. The van der Waals surface area contributed by atoms with Crippen molar-refractivity contribution in [2.45, 2.75) is 18.9 Å². The van der Waals surface area contributed by atoms with E-state index in [2.05, 4.69) is 15.0 Å². The van der Waals surface area contributed by atoms with Gasteiger partial charge in [0.05, 0.1) is 11.6 Å². The Morgan fingerprint density at radius 2 is 1.97 bits per heavy atom. The fourth-order valence-corrected chi connectivity index (χ4v) is 4.68. The number of rotatable bonds is 4. The van der Waals surface area contributed by atoms with Crippen LogP contribution in [0.4, 0.5) is 0 Å². The first-order valence-corrected chi connectivity index (χ1v) is 10.4. The molecule has 5 rings (SSSR count). The van der Waals surface area contributed by atoms with Crippen molar-refractivity contribution in [3.63, 3.8) is 0 Å². The number of carbonyl (C=O) groups is 2. The predicted octanol–water partition coefficient (Wildman–Crippen LogP) is 4.23. The molecule has 1 atom stereocenters. The van der Waals surface area contributed by atoms with Crippen LogP contribution in [0.3, 0.4) is 0 Å². The molecule has 0 radical (unpaired) electrons. The number of hydrogen-bond acceptors (Lipinski definition) is 5. The minimum Gasteiger partial charge on any atom is -0.360 e. The van der Waals surface area contributed by atoms with E-state index in [0.29, 0.717) is 22.8 Å². The summed E-state index contributed by atoms with van der Waals surface area (Å²) >= 11 is 1.22. The Kier molecular flexibility index (Phi) is 4.44. The molecule has 0 saturated carbocycles. The second-order valence-electron chi connectivity index (χ2n) is 7.05. The number of thiazole rings is 1. The van der Waals surface area contributed by atoms with Gasteiger partial charge in [-0.2, -0.15) is 0 Å². The van der Waals surface area contributed by atoms with Gasteiger partial charge in [0.2, 0.25) is 5.78 Å². The molecule has 3 aromatic heterocycles. The molecule has 1 aliphatic heterocycles. The molecule has 1 N–H and O–H groups in total. The van der Waals surface area contributed by atoms with E-state index in [0.717, 1.165) is 29.3 Å². The maximum Gasteiger partial charge on any atom is 0.273 e. The van der Waals surface area contributed by atoms with Crippen LogP contribution in [-0.4, -0.2) is 38.1 Å². The van der Waals surface area contributed by atoms with E-state index in [1.165, 1.54) is 11.3 Å². The van der Waals surface area contributed by atoms with Crippen LogP contribution in [0, 0.1) is 0 Å². The van der Waals surface area contributed by atoms with Crippen LogP contribution in [0.25, 0.3) is 10.9 Å². The van der Waals surface area contributed by atoms with Gasteiger partial charge in [0.1, 0.15) is 5.69 Å². The fraction of sp³-hybridized carbons (Fsp3) is 0.182. The van der Waals surface area contributed by atoms with Crippen molar-refractivity contribution in [2.24, 2.45) is 0 Å². The van der Waals surface area contributed by atoms with Gasteiger partial charge in [-0.05, 0) is 36.6 Å². The number of hydrogen-bond donors (Lipinski definition) is 1. The summed E-state index contributed by atoms with van der Waals surface area (Å²) < 4.78 is 0. The molecule has 144 valence electrons. The van der Waals surface area contributed by atoms with E-state index in [-0.39, 0.29) is 17.7 Å². The molecular formula is C22H18N4O2S. The predicted molar refractivity (Wildman–Crippen MR) is 111 cm³/mol. The third-order valence-electron chi connectivity index (χ3n) is 5.36. The zero-order chi connectivity index (χ0) is 19.8. The Bertz CT molecular complexity index is 1200. The van der Waals surface area contributed by atoms with Gasteiger partial charge in [0.15, 0.2) is 5.01 Å². The third-order valence-corrected chi connectivity index (χ3v) is 6.20. The average Bonchev–Trinajstić information content (AvgIpc) is 3.52. The molecule has 1 aromatic carbocycles. The zero-order valence-electron chi connectivity index (χ0n) is 15.5. The van der Waals surface area contributed by atoms with Gasteiger partial charge in [-0.1, -0.05) is 18.2 Å². The van der Waals surface area contributed by atoms with E-state index < -0.39 is 0 Å². The molecule has 0 aliphatic carbocycles. The van der Waals surface area contributed by atoms with Gasteiger partial charge in [-0.3, -0.25) is 14.6 Å². The number of H-pyrrole nitrogens is 1. The Hall–Kier alpha value is -3.32. The molecule has 6 nitrogen and oxygen atoms in total. The Morgan fingerprint density at radius 1 is 1.14 bits per heavy atom. The summed E-state index contributed by atoms with van der Waals surface area (Å²) in [6, 6.07) is 11.6. The van der Waals surface area contributed by atoms with Crippen molar-refractivity contribution >= 4 is 33.9 Å². The highest BCUT2D eigenvalue weighted by Gasteiger charge is 2.32. The number of nitrogens with zero attached hydrogens (tertiary/aromatic N) is 3. The highest BCUT2D eigenvalue weighted by atomic mass is 32.1. The van der Waals surface area contributed by atoms with Gasteiger partial charge in [0, 0.05) is 41.4 Å². The first-order valence-electron chi connectivity index (χ1n) is 9.49. The smallest absolute Gasteiger partial charge is 0.273 e. The second-order valence-corrected chi connectivity index (χ2v) is 7.91. The number of benzene rings is 1. The van der Waals surface area contributed by atoms with Crippen LogP contribution < -0.4 is 0 Å². The lowest BCUT2D eigenvalue weighted by atomic mass is 10.1. The maximum atomic E-state index is 13.1. The van der Waals surface area contributed by atoms with Crippen LogP contribution in [0.2, 0.25) is 0 Å². The van der Waals surface area contributed by atoms with E-state index in [1.807, 2.05) is 41.3 Å². The van der Waals surface area contributed by atoms with Crippen molar-refractivity contribution in [1.29, 1.82) is 0 Å². The summed E-state index contributed by atoms with van der Waals surface area (Å²) in [4.78, 5) is 39.5. The number of pyridine rings is 1. The molecule has 1 amide bonds. The number of carbonyl (C=O) groups excluding carboxylic acids is 2. The molecular weight excluding hydrogens is 384 g/mol. The van der Waals surface area contributed by atoms with Crippen LogP contribution in [0.5, 0.6) is 0 Å². The molecule has 1 fully saturated rings. The second kappa shape index (κ2) is 7.25. The summed E-state index contributed by atoms with van der Waals surface area (Å²) in [6.07, 6.45) is 7.06. The number of nitrogens with one attached hydrogen (secondary N) is 1. The maximum absolute atomic E-state index is 13.1. The number of amides is 1. The molecule has 1 saturated heterocycles. The standard InChI is InChI=1S/C22H18N4O2S/c27-20(16-12-24-17-5-2-1-4-15(16)17)21-25-18(13-29-21)22(28)26-11-3-6-19(26)14-7-9-23-10-8-14/h1-2,4-5,7-10,12-13,19,24H,3,6,11H2/t19-/m0/s1. The van der Waals surface area contributed by atoms with Crippen molar-refractivity contribution < 1.29 is 9.59 Å². The monoisotopic (exact) mass is 402 g/mol. The van der Waals surface area contributed by atoms with E-state index >= 15 is 0 Å². The molecule has 4 aromatic rings. The average molecular weight is 402 g/mol. The summed E-state index contributed by atoms with van der Waals surface area (Å²) in [5, 5.41) is 2.88. The normalized spacial score (nSPS) is 16.4. The van der Waals surface area contributed by atoms with Gasteiger partial charge in [-0.15, -0.1) is 11.3 Å². The summed E-state index contributed by atoms with van der Waals surface area (Å²) in [5.41, 5.74) is 2.89. The Labute approximate surface area is 171 Å². The number of para-hydroxylation sites is 1. The molecule has 0 spiro atoms. The number of ketones is 1. The lowest BCUT2D eigenvalue weighted by Gasteiger charge is -2.24. The van der Waals surface area contributed by atoms with Crippen LogP contribution in [0.15, 0.2) is 60.4 Å². The third kappa shape index (κ3) is 3.13. The number of fused-ring (bicyclic) bond motifs is 1. The number of aromatic nitrogens is 3. The summed E-state index contributed by atoms with van der Waals surface area (Å²) in [7, 11) is 0. The van der Waals surface area contributed by atoms with Crippen molar-refractivity contribution in [3.8, 4) is 0 Å². The van der Waals surface area contributed by atoms with Crippen LogP contribution in [0.1, 0.15) is 50.3 Å². The molecule has 4 heterocycles. The topological polar surface area (TPSA) is 79.0 Å². The largest absolute Gasteiger partial charge is 0.360 e. The summed E-state index contributed by atoms with van der Waals surface area (Å²) in [6.45, 7) is 0.690. The van der Waals surface area contributed by atoms with Crippen LogP contribution in [-0.2, 0) is 0 Å². The SMILES string of the molecule is O=C(c1nc(C(=O)N2CCC[C@H]2c2ccncc2)cs1)c1c[nH]c2ccccc12. The Balaban J connectivity index is 1.41. The first-order chi connectivity index (χ1) is 14.2. The zero-order valence-corrected chi connectivity index (χ0v) is 16.4. The quantitative estimate of drug-likeness (QED) is 0.518. The van der Waals surface area contributed by atoms with E-state index in [1.54, 1.807) is 24.0 Å². The van der Waals surface area contributed by atoms with Gasteiger partial charge in [0.25, 0.3) is 5.91 Å². The molecule has 1 aliphatic rings. The fourth-order valence-electron chi connectivity index (χ4n) is 3.94. The molecule has 0 bridgehead atoms. The molecule has 29 heavy (non-hydrogen) atoms. The highest BCUT2D eigenvalue weighted by molar-refractivity contribution is 7.12. The highest BCUT2D eigenvalue weighted by Crippen LogP contribution is 2.33. The van der Waals surface area contributed by atoms with Gasteiger partial charge < -0.3 is 9.88 Å². The van der Waals surface area contributed by atoms with Gasteiger partial charge >= 0.3 is 0 Å². The van der Waals surface area contributed by atoms with Crippen LogP contribution >= 0.6 is 11.3 Å². The lowest BCUT2D eigenvalue weighted by Crippen LogP contribution is -2.30. The van der Waals surface area contributed by atoms with E-state index in [9.17, 15) is 9.59 Å².